The number of rotatable bonds is 4. The third-order valence-corrected chi connectivity index (χ3v) is 4.07. The summed E-state index contributed by atoms with van der Waals surface area (Å²) in [5, 5.41) is 0. The van der Waals surface area contributed by atoms with Gasteiger partial charge in [0.25, 0.3) is 0 Å². The standard InChI is InChI=1S/C16H24N2O3/c1-4-21-16(19)12-5-6-14(13(17)9-12)18-8-7-11(2)15(10-18)20-3/h5-6,9,11,15H,4,7-8,10,17H2,1-3H3. The molecule has 2 unspecified atom stereocenters. The largest absolute Gasteiger partial charge is 0.462 e. The number of benzene rings is 1. The topological polar surface area (TPSA) is 64.8 Å². The lowest BCUT2D eigenvalue weighted by molar-refractivity contribution is 0.0498. The average molecular weight is 292 g/mol. The maximum Gasteiger partial charge on any atom is 0.338 e. The second kappa shape index (κ2) is 6.80. The van der Waals surface area contributed by atoms with E-state index in [1.165, 1.54) is 0 Å². The van der Waals surface area contributed by atoms with Crippen LogP contribution in [0.4, 0.5) is 11.4 Å². The summed E-state index contributed by atoms with van der Waals surface area (Å²) in [5.41, 5.74) is 8.17. The Bertz CT molecular complexity index is 504. The summed E-state index contributed by atoms with van der Waals surface area (Å²) < 4.78 is 10.5. The first-order valence-electron chi connectivity index (χ1n) is 7.41. The number of esters is 1. The number of piperidine rings is 1. The molecule has 0 amide bonds. The van der Waals surface area contributed by atoms with Crippen molar-refractivity contribution in [1.82, 2.24) is 0 Å². The van der Waals surface area contributed by atoms with Crippen LogP contribution in [0.5, 0.6) is 0 Å². The van der Waals surface area contributed by atoms with E-state index in [-0.39, 0.29) is 12.1 Å². The van der Waals surface area contributed by atoms with Crippen LogP contribution < -0.4 is 10.6 Å². The Morgan fingerprint density at radius 3 is 2.86 bits per heavy atom. The molecule has 21 heavy (non-hydrogen) atoms. The van der Waals surface area contributed by atoms with E-state index in [9.17, 15) is 4.79 Å². The first kappa shape index (κ1) is 15.6. The molecular weight excluding hydrogens is 268 g/mol. The molecule has 0 saturated carbocycles. The third kappa shape index (κ3) is 3.47. The van der Waals surface area contributed by atoms with Gasteiger partial charge in [-0.05, 0) is 37.5 Å². The van der Waals surface area contributed by atoms with Gasteiger partial charge in [0.2, 0.25) is 0 Å². The number of nitrogens with zero attached hydrogens (tertiary/aromatic N) is 1. The van der Waals surface area contributed by atoms with Crippen molar-refractivity contribution in [1.29, 1.82) is 0 Å². The second-order valence-electron chi connectivity index (χ2n) is 5.48. The fourth-order valence-corrected chi connectivity index (χ4v) is 2.74. The molecule has 1 aliphatic rings. The molecule has 1 aliphatic heterocycles. The molecule has 0 bridgehead atoms. The fraction of sp³-hybridized carbons (Fsp3) is 0.562. The van der Waals surface area contributed by atoms with Crippen LogP contribution >= 0.6 is 0 Å². The van der Waals surface area contributed by atoms with Crippen molar-refractivity contribution >= 4 is 17.3 Å². The van der Waals surface area contributed by atoms with E-state index in [1.54, 1.807) is 26.2 Å². The SMILES string of the molecule is CCOC(=O)c1ccc(N2CCC(C)C(OC)C2)c(N)c1. The molecule has 2 N–H and O–H groups in total. The number of ether oxygens (including phenoxy) is 2. The summed E-state index contributed by atoms with van der Waals surface area (Å²) >= 11 is 0. The molecule has 5 heteroatoms. The maximum atomic E-state index is 11.7. The number of carbonyl (C=O) groups is 1. The van der Waals surface area contributed by atoms with Crippen LogP contribution in [0.25, 0.3) is 0 Å². The number of nitrogens with two attached hydrogens (primary N) is 1. The fourth-order valence-electron chi connectivity index (χ4n) is 2.74. The van der Waals surface area contributed by atoms with Crippen LogP contribution in [0.3, 0.4) is 0 Å². The van der Waals surface area contributed by atoms with E-state index < -0.39 is 0 Å². The highest BCUT2D eigenvalue weighted by Gasteiger charge is 2.27. The lowest BCUT2D eigenvalue weighted by atomic mass is 9.95. The van der Waals surface area contributed by atoms with Crippen molar-refractivity contribution in [3.63, 3.8) is 0 Å². The van der Waals surface area contributed by atoms with Crippen LogP contribution in [0.1, 0.15) is 30.6 Å². The van der Waals surface area contributed by atoms with Gasteiger partial charge in [0.05, 0.1) is 29.6 Å². The predicted molar refractivity (Wildman–Crippen MR) is 83.6 cm³/mol. The van der Waals surface area contributed by atoms with Crippen molar-refractivity contribution < 1.29 is 14.3 Å². The van der Waals surface area contributed by atoms with E-state index in [1.807, 2.05) is 6.07 Å². The first-order valence-corrected chi connectivity index (χ1v) is 7.41. The van der Waals surface area contributed by atoms with Gasteiger partial charge in [-0.15, -0.1) is 0 Å². The molecule has 0 aromatic heterocycles. The Hall–Kier alpha value is -1.75. The minimum absolute atomic E-state index is 0.211. The molecule has 2 atom stereocenters. The molecule has 5 nitrogen and oxygen atoms in total. The van der Waals surface area contributed by atoms with E-state index in [2.05, 4.69) is 11.8 Å². The summed E-state index contributed by atoms with van der Waals surface area (Å²) in [6.45, 7) is 6.12. The van der Waals surface area contributed by atoms with Crippen molar-refractivity contribution in [3.8, 4) is 0 Å². The predicted octanol–water partition coefficient (Wildman–Crippen LogP) is 2.31. The van der Waals surface area contributed by atoms with Crippen LogP contribution in [-0.2, 0) is 9.47 Å². The lowest BCUT2D eigenvalue weighted by Crippen LogP contribution is -2.44. The summed E-state index contributed by atoms with van der Waals surface area (Å²) in [4.78, 5) is 13.9. The van der Waals surface area contributed by atoms with Crippen LogP contribution in [0.2, 0.25) is 0 Å². The second-order valence-corrected chi connectivity index (χ2v) is 5.48. The Morgan fingerprint density at radius 1 is 1.48 bits per heavy atom. The van der Waals surface area contributed by atoms with Gasteiger partial charge in [-0.1, -0.05) is 6.92 Å². The molecule has 0 aliphatic carbocycles. The van der Waals surface area contributed by atoms with E-state index >= 15 is 0 Å². The number of carbonyl (C=O) groups excluding carboxylic acids is 1. The minimum atomic E-state index is -0.335. The van der Waals surface area contributed by atoms with Gasteiger partial charge in [-0.2, -0.15) is 0 Å². The van der Waals surface area contributed by atoms with Gasteiger partial charge in [0, 0.05) is 20.2 Å². The Balaban J connectivity index is 2.15. The number of nitrogen functional groups attached to an aromatic ring is 1. The highest BCUT2D eigenvalue weighted by molar-refractivity contribution is 5.92. The lowest BCUT2D eigenvalue weighted by Gasteiger charge is -2.38. The van der Waals surface area contributed by atoms with E-state index in [4.69, 9.17) is 15.2 Å². The normalized spacial score (nSPS) is 22.1. The Kier molecular flexibility index (Phi) is 5.07. The van der Waals surface area contributed by atoms with Gasteiger partial charge < -0.3 is 20.1 Å². The third-order valence-electron chi connectivity index (χ3n) is 4.07. The van der Waals surface area contributed by atoms with Gasteiger partial charge in [-0.25, -0.2) is 4.79 Å². The monoisotopic (exact) mass is 292 g/mol. The molecule has 2 rings (SSSR count). The van der Waals surface area contributed by atoms with Gasteiger partial charge in [-0.3, -0.25) is 0 Å². The summed E-state index contributed by atoms with van der Waals surface area (Å²) in [5.74, 6) is 0.212. The van der Waals surface area contributed by atoms with Crippen molar-refractivity contribution in [3.05, 3.63) is 23.8 Å². The van der Waals surface area contributed by atoms with Gasteiger partial charge in [0.15, 0.2) is 0 Å². The smallest absolute Gasteiger partial charge is 0.338 e. The quantitative estimate of drug-likeness (QED) is 0.681. The maximum absolute atomic E-state index is 11.7. The van der Waals surface area contributed by atoms with Crippen molar-refractivity contribution in [2.45, 2.75) is 26.4 Å². The average Bonchev–Trinajstić information content (AvgIpc) is 2.48. The van der Waals surface area contributed by atoms with E-state index in [0.29, 0.717) is 23.8 Å². The van der Waals surface area contributed by atoms with E-state index in [0.717, 1.165) is 25.2 Å². The van der Waals surface area contributed by atoms with Gasteiger partial charge >= 0.3 is 5.97 Å². The molecule has 1 fully saturated rings. The molecule has 1 aromatic rings. The molecule has 0 spiro atoms. The molecule has 1 aromatic carbocycles. The number of anilines is 2. The molecule has 116 valence electrons. The van der Waals surface area contributed by atoms with Crippen LogP contribution in [0, 0.1) is 5.92 Å². The summed E-state index contributed by atoms with van der Waals surface area (Å²) in [6, 6.07) is 5.35. The molecule has 0 radical (unpaired) electrons. The molecule has 1 heterocycles. The molecule has 1 saturated heterocycles. The van der Waals surface area contributed by atoms with Crippen LogP contribution in [0.15, 0.2) is 18.2 Å². The zero-order valence-electron chi connectivity index (χ0n) is 13.0. The van der Waals surface area contributed by atoms with Gasteiger partial charge in [0.1, 0.15) is 0 Å². The van der Waals surface area contributed by atoms with Crippen molar-refractivity contribution in [2.24, 2.45) is 5.92 Å². The number of hydrogen-bond donors (Lipinski definition) is 1. The Labute approximate surface area is 126 Å². The highest BCUT2D eigenvalue weighted by Crippen LogP contribution is 2.30. The van der Waals surface area contributed by atoms with Crippen LogP contribution in [-0.4, -0.2) is 38.9 Å². The zero-order chi connectivity index (χ0) is 15.4. The van der Waals surface area contributed by atoms with Crippen molar-refractivity contribution in [2.75, 3.05) is 37.4 Å². The Morgan fingerprint density at radius 2 is 2.24 bits per heavy atom. The molecular formula is C16H24N2O3. The number of methoxy groups -OCH3 is 1. The highest BCUT2D eigenvalue weighted by atomic mass is 16.5. The zero-order valence-corrected chi connectivity index (χ0v) is 13.0. The first-order chi connectivity index (χ1) is 10.1. The number of hydrogen-bond acceptors (Lipinski definition) is 5. The summed E-state index contributed by atoms with van der Waals surface area (Å²) in [6.07, 6.45) is 1.28. The minimum Gasteiger partial charge on any atom is -0.462 e. The summed E-state index contributed by atoms with van der Waals surface area (Å²) in [7, 11) is 1.75.